The average molecular weight is 441 g/mol. The molecule has 1 N–H and O–H groups in total. The fraction of sp³-hybridized carbons (Fsp3) is 0.455. The van der Waals surface area contributed by atoms with Gasteiger partial charge in [0.05, 0.1) is 5.56 Å². The van der Waals surface area contributed by atoms with Crippen LogP contribution in [-0.2, 0) is 12.6 Å². The summed E-state index contributed by atoms with van der Waals surface area (Å²) in [6.07, 6.45) is -0.732. The first-order valence-electron chi connectivity index (χ1n) is 10.0. The van der Waals surface area contributed by atoms with Crippen molar-refractivity contribution >= 4 is 29.1 Å². The van der Waals surface area contributed by atoms with E-state index >= 15 is 0 Å². The summed E-state index contributed by atoms with van der Waals surface area (Å²) in [5, 5.41) is 4.06. The van der Waals surface area contributed by atoms with Gasteiger partial charge < -0.3 is 10.2 Å². The van der Waals surface area contributed by atoms with Crippen LogP contribution in [0.5, 0.6) is 0 Å². The van der Waals surface area contributed by atoms with Crippen LogP contribution in [0, 0.1) is 0 Å². The van der Waals surface area contributed by atoms with Gasteiger partial charge in [-0.2, -0.15) is 13.2 Å². The van der Waals surface area contributed by atoms with Crippen molar-refractivity contribution < 1.29 is 13.2 Å². The lowest BCUT2D eigenvalue weighted by Gasteiger charge is -2.34. The zero-order valence-corrected chi connectivity index (χ0v) is 17.9. The Kier molecular flexibility index (Phi) is 6.05. The van der Waals surface area contributed by atoms with Crippen molar-refractivity contribution in [3.8, 4) is 0 Å². The molecule has 0 spiro atoms. The van der Waals surface area contributed by atoms with Crippen LogP contribution in [0.2, 0.25) is 5.02 Å². The monoisotopic (exact) mass is 440 g/mol. The Bertz CT molecular complexity index is 892. The number of likely N-dealkylation sites (tertiary alicyclic amines) is 1. The van der Waals surface area contributed by atoms with Crippen molar-refractivity contribution in [1.29, 1.82) is 0 Å². The van der Waals surface area contributed by atoms with Gasteiger partial charge in [-0.05, 0) is 61.2 Å². The van der Waals surface area contributed by atoms with Crippen molar-refractivity contribution in [2.45, 2.75) is 54.6 Å². The number of nitrogens with one attached hydrogen (secondary N) is 1. The second-order valence-electron chi connectivity index (χ2n) is 7.79. The summed E-state index contributed by atoms with van der Waals surface area (Å²) < 4.78 is 40.6. The minimum atomic E-state index is -4.37. The number of anilines is 1. The summed E-state index contributed by atoms with van der Waals surface area (Å²) in [5.74, 6) is 0. The summed E-state index contributed by atoms with van der Waals surface area (Å²) in [6, 6.07) is 8.41. The van der Waals surface area contributed by atoms with Crippen LogP contribution in [0.15, 0.2) is 40.1 Å². The number of fused-ring (bicyclic) bond motifs is 2. The highest BCUT2D eigenvalue weighted by molar-refractivity contribution is 7.99. The average Bonchev–Trinajstić information content (AvgIpc) is 2.67. The third-order valence-corrected chi connectivity index (χ3v) is 7.06. The van der Waals surface area contributed by atoms with Gasteiger partial charge in [-0.3, -0.25) is 0 Å². The van der Waals surface area contributed by atoms with Gasteiger partial charge in [0.15, 0.2) is 0 Å². The molecule has 2 aliphatic heterocycles. The molecule has 0 bridgehead atoms. The quantitative estimate of drug-likeness (QED) is 0.486. The fourth-order valence-electron chi connectivity index (χ4n) is 4.13. The van der Waals surface area contributed by atoms with Gasteiger partial charge in [0.1, 0.15) is 0 Å². The molecule has 0 unspecified atom stereocenters. The zero-order valence-electron chi connectivity index (χ0n) is 16.3. The van der Waals surface area contributed by atoms with Gasteiger partial charge in [0.2, 0.25) is 0 Å². The zero-order chi connectivity index (χ0) is 20.6. The molecule has 1 saturated heterocycles. The third-order valence-electron chi connectivity index (χ3n) is 5.64. The van der Waals surface area contributed by atoms with Crippen LogP contribution in [0.25, 0.3) is 0 Å². The van der Waals surface area contributed by atoms with Gasteiger partial charge in [-0.1, -0.05) is 36.4 Å². The highest BCUT2D eigenvalue weighted by atomic mass is 35.5. The Morgan fingerprint density at radius 2 is 1.90 bits per heavy atom. The standard InChI is InChI=1S/C22H24ClF3N2S/c1-2-7-28-8-5-17(6-9-28)27-19-11-15(22(24,25)26)12-21-18(19)10-14-3-4-16(23)13-20(14)29-21/h3-4,11-13,17,27H,2,5-10H2,1H3. The molecule has 4 rings (SSSR count). The van der Waals surface area contributed by atoms with Crippen molar-refractivity contribution in [2.75, 3.05) is 25.0 Å². The maximum Gasteiger partial charge on any atom is 0.416 e. The Morgan fingerprint density at radius 1 is 1.14 bits per heavy atom. The van der Waals surface area contributed by atoms with Gasteiger partial charge in [-0.15, -0.1) is 0 Å². The summed E-state index contributed by atoms with van der Waals surface area (Å²) in [7, 11) is 0. The van der Waals surface area contributed by atoms with Crippen molar-refractivity contribution in [3.05, 3.63) is 52.0 Å². The van der Waals surface area contributed by atoms with Crippen LogP contribution < -0.4 is 5.32 Å². The molecular weight excluding hydrogens is 417 g/mol. The molecule has 7 heteroatoms. The van der Waals surface area contributed by atoms with Crippen molar-refractivity contribution in [3.63, 3.8) is 0 Å². The number of piperidine rings is 1. The summed E-state index contributed by atoms with van der Waals surface area (Å²) in [5.41, 5.74) is 2.08. The van der Waals surface area contributed by atoms with E-state index < -0.39 is 11.7 Å². The largest absolute Gasteiger partial charge is 0.416 e. The predicted molar refractivity (Wildman–Crippen MR) is 113 cm³/mol. The topological polar surface area (TPSA) is 15.3 Å². The number of hydrogen-bond donors (Lipinski definition) is 1. The van der Waals surface area contributed by atoms with E-state index in [-0.39, 0.29) is 6.04 Å². The molecular formula is C22H24ClF3N2S. The molecule has 2 aliphatic rings. The molecule has 156 valence electrons. The van der Waals surface area contributed by atoms with Gasteiger partial charge in [0.25, 0.3) is 0 Å². The van der Waals surface area contributed by atoms with E-state index in [1.165, 1.54) is 23.9 Å². The lowest BCUT2D eigenvalue weighted by Crippen LogP contribution is -2.39. The molecule has 0 saturated carbocycles. The molecule has 1 fully saturated rings. The molecule has 29 heavy (non-hydrogen) atoms. The van der Waals surface area contributed by atoms with Crippen molar-refractivity contribution in [2.24, 2.45) is 0 Å². The highest BCUT2D eigenvalue weighted by Gasteiger charge is 2.34. The predicted octanol–water partition coefficient (Wildman–Crippen LogP) is 6.70. The maximum atomic E-state index is 13.5. The third kappa shape index (κ3) is 4.70. The van der Waals surface area contributed by atoms with Crippen molar-refractivity contribution in [1.82, 2.24) is 4.90 Å². The van der Waals surface area contributed by atoms with E-state index in [4.69, 9.17) is 11.6 Å². The van der Waals surface area contributed by atoms with Gasteiger partial charge in [-0.25, -0.2) is 0 Å². The first kappa shape index (κ1) is 20.9. The van der Waals surface area contributed by atoms with E-state index in [0.29, 0.717) is 22.0 Å². The fourth-order valence-corrected chi connectivity index (χ4v) is 5.55. The lowest BCUT2D eigenvalue weighted by molar-refractivity contribution is -0.137. The minimum absolute atomic E-state index is 0.201. The SMILES string of the molecule is CCCN1CCC(Nc2cc(C(F)(F)F)cc3c2Cc2ccc(Cl)cc2S3)CC1. The van der Waals surface area contributed by atoms with E-state index in [0.717, 1.165) is 54.9 Å². The summed E-state index contributed by atoms with van der Waals surface area (Å²) >= 11 is 7.47. The molecule has 2 aromatic carbocycles. The van der Waals surface area contributed by atoms with Crippen LogP contribution >= 0.6 is 23.4 Å². The number of hydrogen-bond acceptors (Lipinski definition) is 3. The number of nitrogens with zero attached hydrogens (tertiary/aromatic N) is 1. The Morgan fingerprint density at radius 3 is 2.59 bits per heavy atom. The van der Waals surface area contributed by atoms with Crippen LogP contribution in [0.1, 0.15) is 42.9 Å². The normalized spacial score (nSPS) is 17.7. The lowest BCUT2D eigenvalue weighted by atomic mass is 9.98. The first-order chi connectivity index (χ1) is 13.8. The van der Waals surface area contributed by atoms with E-state index in [9.17, 15) is 13.2 Å². The first-order valence-corrected chi connectivity index (χ1v) is 11.2. The molecule has 2 aromatic rings. The minimum Gasteiger partial charge on any atom is -0.382 e. The number of alkyl halides is 3. The Hall–Kier alpha value is -1.37. The summed E-state index contributed by atoms with van der Waals surface area (Å²) in [6.45, 7) is 5.23. The molecule has 0 aliphatic carbocycles. The molecule has 0 atom stereocenters. The molecule has 0 radical (unpaired) electrons. The van der Waals surface area contributed by atoms with E-state index in [1.54, 1.807) is 0 Å². The van der Waals surface area contributed by atoms with Crippen LogP contribution in [0.3, 0.4) is 0 Å². The Labute approximate surface area is 178 Å². The van der Waals surface area contributed by atoms with E-state index in [1.807, 2.05) is 18.2 Å². The number of halogens is 4. The number of benzene rings is 2. The highest BCUT2D eigenvalue weighted by Crippen LogP contribution is 2.46. The maximum absolute atomic E-state index is 13.5. The molecule has 0 aromatic heterocycles. The second-order valence-corrected chi connectivity index (χ2v) is 9.31. The van der Waals surface area contributed by atoms with Crippen LogP contribution in [-0.4, -0.2) is 30.6 Å². The molecule has 2 heterocycles. The summed E-state index contributed by atoms with van der Waals surface area (Å²) in [4.78, 5) is 4.03. The van der Waals surface area contributed by atoms with Gasteiger partial charge >= 0.3 is 6.18 Å². The van der Waals surface area contributed by atoms with Crippen LogP contribution in [0.4, 0.5) is 18.9 Å². The molecule has 2 nitrogen and oxygen atoms in total. The molecule has 0 amide bonds. The smallest absolute Gasteiger partial charge is 0.382 e. The number of rotatable bonds is 4. The van der Waals surface area contributed by atoms with E-state index in [2.05, 4.69) is 17.1 Å². The van der Waals surface area contributed by atoms with Gasteiger partial charge in [0, 0.05) is 46.1 Å². The second kappa shape index (κ2) is 8.40. The Balaban J connectivity index is 1.63.